The van der Waals surface area contributed by atoms with Gasteiger partial charge in [-0.1, -0.05) is 0 Å². The first-order valence-electron chi connectivity index (χ1n) is 6.65. The largest absolute Gasteiger partial charge is 0.479 e. The zero-order valence-corrected chi connectivity index (χ0v) is 12.4. The molecule has 0 saturated heterocycles. The number of carbonyl (C=O) groups excluding carboxylic acids is 2. The van der Waals surface area contributed by atoms with Crippen molar-refractivity contribution in [3.05, 3.63) is 11.8 Å². The molecule has 1 rings (SSSR count). The molecule has 5 N–H and O–H groups in total. The maximum Gasteiger partial charge on any atom is 0.370 e. The molecule has 0 spiro atoms. The van der Waals surface area contributed by atoms with E-state index in [0.29, 0.717) is 0 Å². The van der Waals surface area contributed by atoms with Crippen molar-refractivity contribution in [2.24, 2.45) is 0 Å². The van der Waals surface area contributed by atoms with Gasteiger partial charge in [0.25, 0.3) is 0 Å². The summed E-state index contributed by atoms with van der Waals surface area (Å²) in [6, 6.07) is -2.04. The molecule has 0 bridgehead atoms. The van der Waals surface area contributed by atoms with Gasteiger partial charge in [0.05, 0.1) is 18.2 Å². The Morgan fingerprint density at radius 1 is 1.27 bits per heavy atom. The number of amides is 2. The quantitative estimate of drug-likeness (QED) is 0.398. The van der Waals surface area contributed by atoms with E-state index in [2.05, 4.69) is 10.6 Å². The number of carboxylic acid groups (broad SMARTS) is 1. The molecule has 5 atom stereocenters. The third-order valence-electron chi connectivity index (χ3n) is 3.13. The minimum absolute atomic E-state index is 0.475. The first kappa shape index (κ1) is 17.9. The molecule has 22 heavy (non-hydrogen) atoms. The summed E-state index contributed by atoms with van der Waals surface area (Å²) in [7, 11) is 0. The van der Waals surface area contributed by atoms with Crippen LogP contribution >= 0.6 is 0 Å². The smallest absolute Gasteiger partial charge is 0.370 e. The highest BCUT2D eigenvalue weighted by molar-refractivity contribution is 5.84. The molecule has 124 valence electrons. The molecule has 0 aromatic carbocycles. The van der Waals surface area contributed by atoms with Crippen LogP contribution < -0.4 is 10.6 Å². The Balaban J connectivity index is 3.17. The zero-order valence-electron chi connectivity index (χ0n) is 12.4. The number of hydrogen-bond donors (Lipinski definition) is 5. The molecule has 0 fully saturated rings. The summed E-state index contributed by atoms with van der Waals surface area (Å²) in [6.07, 6.45) is -2.65. The van der Waals surface area contributed by atoms with Crippen LogP contribution in [0.1, 0.15) is 20.8 Å². The lowest BCUT2D eigenvalue weighted by Gasteiger charge is -2.39. The Kier molecular flexibility index (Phi) is 5.89. The molecule has 0 saturated carbocycles. The first-order chi connectivity index (χ1) is 10.1. The van der Waals surface area contributed by atoms with Gasteiger partial charge in [0.1, 0.15) is 12.2 Å². The van der Waals surface area contributed by atoms with Crippen molar-refractivity contribution >= 4 is 17.8 Å². The van der Waals surface area contributed by atoms with Crippen molar-refractivity contribution in [3.63, 3.8) is 0 Å². The van der Waals surface area contributed by atoms with E-state index >= 15 is 0 Å². The number of hydrogen-bond acceptors (Lipinski definition) is 6. The average molecular weight is 316 g/mol. The van der Waals surface area contributed by atoms with Crippen LogP contribution in [-0.4, -0.2) is 63.5 Å². The second-order valence-corrected chi connectivity index (χ2v) is 5.10. The van der Waals surface area contributed by atoms with Crippen LogP contribution in [0.2, 0.25) is 0 Å². The second kappa shape index (κ2) is 7.23. The summed E-state index contributed by atoms with van der Waals surface area (Å²) in [6.45, 7) is 3.81. The minimum Gasteiger partial charge on any atom is -0.479 e. The zero-order chi connectivity index (χ0) is 17.0. The van der Waals surface area contributed by atoms with Crippen LogP contribution in [0.15, 0.2) is 11.8 Å². The molecule has 0 aromatic rings. The number of ether oxygens (including phenoxy) is 1. The van der Waals surface area contributed by atoms with Gasteiger partial charge in [0.15, 0.2) is 0 Å². The van der Waals surface area contributed by atoms with E-state index in [1.807, 2.05) is 0 Å². The van der Waals surface area contributed by atoms with E-state index in [1.54, 1.807) is 0 Å². The fourth-order valence-corrected chi connectivity index (χ4v) is 2.24. The molecule has 1 unspecified atom stereocenters. The van der Waals surface area contributed by atoms with Crippen LogP contribution in [-0.2, 0) is 19.1 Å². The predicted octanol–water partition coefficient (Wildman–Crippen LogP) is -1.90. The van der Waals surface area contributed by atoms with Gasteiger partial charge in [0.2, 0.25) is 17.6 Å². The molecular formula is C13H20N2O7. The van der Waals surface area contributed by atoms with E-state index in [-0.39, 0.29) is 0 Å². The third-order valence-corrected chi connectivity index (χ3v) is 3.13. The minimum atomic E-state index is -1.41. The third kappa shape index (κ3) is 4.43. The number of nitrogens with one attached hydrogen (secondary N) is 2. The highest BCUT2D eigenvalue weighted by atomic mass is 16.5. The number of carboxylic acids is 1. The maximum absolute atomic E-state index is 11.3. The monoisotopic (exact) mass is 316 g/mol. The summed E-state index contributed by atoms with van der Waals surface area (Å²) < 4.78 is 5.27. The van der Waals surface area contributed by atoms with Crippen molar-refractivity contribution in [1.29, 1.82) is 0 Å². The van der Waals surface area contributed by atoms with Crippen molar-refractivity contribution in [3.8, 4) is 0 Å². The van der Waals surface area contributed by atoms with Gasteiger partial charge in [0, 0.05) is 13.8 Å². The van der Waals surface area contributed by atoms with Crippen molar-refractivity contribution in [1.82, 2.24) is 10.6 Å². The summed E-state index contributed by atoms with van der Waals surface area (Å²) in [5.41, 5.74) is 0. The Hall–Kier alpha value is -2.13. The van der Waals surface area contributed by atoms with Crippen molar-refractivity contribution in [2.45, 2.75) is 51.2 Å². The highest BCUT2D eigenvalue weighted by Crippen LogP contribution is 2.23. The number of aliphatic hydroxyl groups is 2. The normalized spacial score (nSPS) is 27.0. The lowest BCUT2D eigenvalue weighted by atomic mass is 9.92. The standard InChI is InChI=1S/C13H20N2O7/c1-5(16)10(14-6(2)17)12-11(15-7(3)18)8(19)4-9(22-12)13(20)21/h4-5,8,10-12,16,19H,1-3H3,(H,14,17)(H,15,18)(H,20,21)/t5-,8+,10-,11+,12?/m0/s1. The van der Waals surface area contributed by atoms with Gasteiger partial charge in [-0.2, -0.15) is 0 Å². The number of aliphatic hydroxyl groups excluding tert-OH is 2. The van der Waals surface area contributed by atoms with Crippen LogP contribution in [0.4, 0.5) is 0 Å². The summed E-state index contributed by atoms with van der Waals surface area (Å²) in [5.74, 6) is -2.87. The lowest BCUT2D eigenvalue weighted by Crippen LogP contribution is -2.63. The van der Waals surface area contributed by atoms with Gasteiger partial charge < -0.3 is 30.7 Å². The van der Waals surface area contributed by atoms with Crippen LogP contribution in [0.25, 0.3) is 0 Å². The number of carbonyl (C=O) groups is 3. The summed E-state index contributed by atoms with van der Waals surface area (Å²) in [5, 5.41) is 33.7. The highest BCUT2D eigenvalue weighted by Gasteiger charge is 2.43. The van der Waals surface area contributed by atoms with Crippen LogP contribution in [0, 0.1) is 0 Å². The van der Waals surface area contributed by atoms with E-state index in [4.69, 9.17) is 9.84 Å². The van der Waals surface area contributed by atoms with Gasteiger partial charge in [-0.15, -0.1) is 0 Å². The Labute approximate surface area is 127 Å². The molecule has 0 aliphatic carbocycles. The fraction of sp³-hybridized carbons (Fsp3) is 0.615. The van der Waals surface area contributed by atoms with Crippen LogP contribution in [0.5, 0.6) is 0 Å². The van der Waals surface area contributed by atoms with E-state index in [0.717, 1.165) is 6.08 Å². The molecule has 9 heteroatoms. The number of aliphatic carboxylic acids is 1. The van der Waals surface area contributed by atoms with E-state index in [9.17, 15) is 24.6 Å². The molecule has 9 nitrogen and oxygen atoms in total. The molecule has 2 amide bonds. The molecule has 1 aliphatic heterocycles. The molecule has 0 aromatic heterocycles. The second-order valence-electron chi connectivity index (χ2n) is 5.10. The fourth-order valence-electron chi connectivity index (χ4n) is 2.24. The Bertz CT molecular complexity index is 489. The van der Waals surface area contributed by atoms with Crippen LogP contribution in [0.3, 0.4) is 0 Å². The Morgan fingerprint density at radius 3 is 2.27 bits per heavy atom. The summed E-state index contributed by atoms with van der Waals surface area (Å²) in [4.78, 5) is 33.6. The Morgan fingerprint density at radius 2 is 1.86 bits per heavy atom. The van der Waals surface area contributed by atoms with Crippen molar-refractivity contribution < 1.29 is 34.4 Å². The van der Waals surface area contributed by atoms with Gasteiger partial charge >= 0.3 is 5.97 Å². The van der Waals surface area contributed by atoms with Gasteiger partial charge in [-0.25, -0.2) is 4.79 Å². The van der Waals surface area contributed by atoms with Gasteiger partial charge in [-0.3, -0.25) is 9.59 Å². The molecular weight excluding hydrogens is 296 g/mol. The first-order valence-corrected chi connectivity index (χ1v) is 6.65. The van der Waals surface area contributed by atoms with E-state index in [1.165, 1.54) is 20.8 Å². The molecule has 0 radical (unpaired) electrons. The molecule has 1 heterocycles. The lowest BCUT2D eigenvalue weighted by molar-refractivity contribution is -0.142. The topological polar surface area (TPSA) is 145 Å². The number of rotatable bonds is 5. The van der Waals surface area contributed by atoms with E-state index < -0.39 is 53.9 Å². The molecule has 1 aliphatic rings. The maximum atomic E-state index is 11.3. The average Bonchev–Trinajstić information content (AvgIpc) is 2.37. The summed E-state index contributed by atoms with van der Waals surface area (Å²) >= 11 is 0. The predicted molar refractivity (Wildman–Crippen MR) is 73.5 cm³/mol. The van der Waals surface area contributed by atoms with Crippen molar-refractivity contribution in [2.75, 3.05) is 0 Å². The van der Waals surface area contributed by atoms with Gasteiger partial charge in [-0.05, 0) is 13.0 Å². The SMILES string of the molecule is CC(=O)N[C@H](C1OC(C(=O)O)=C[C@@H](O)[C@H]1NC(C)=O)[C@H](C)O.